The fourth-order valence-electron chi connectivity index (χ4n) is 3.25. The van der Waals surface area contributed by atoms with E-state index in [1.54, 1.807) is 0 Å². The molecule has 1 heterocycles. The van der Waals surface area contributed by atoms with E-state index < -0.39 is 11.7 Å². The molecule has 1 aliphatic rings. The van der Waals surface area contributed by atoms with Gasteiger partial charge in [0.25, 0.3) is 0 Å². The van der Waals surface area contributed by atoms with Gasteiger partial charge in [0.2, 0.25) is 0 Å². The normalized spacial score (nSPS) is 18.9. The maximum absolute atomic E-state index is 12.7. The van der Waals surface area contributed by atoms with Gasteiger partial charge in [0.05, 0.1) is 12.2 Å². The summed E-state index contributed by atoms with van der Waals surface area (Å²) in [5, 5.41) is 9.41. The van der Waals surface area contributed by atoms with Crippen LogP contribution in [0.5, 0.6) is 0 Å². The van der Waals surface area contributed by atoms with E-state index >= 15 is 0 Å². The van der Waals surface area contributed by atoms with Gasteiger partial charge in [-0.2, -0.15) is 13.2 Å². The predicted molar refractivity (Wildman–Crippen MR) is 87.4 cm³/mol. The first-order valence-corrected chi connectivity index (χ1v) is 8.09. The molecule has 0 aromatic heterocycles. The summed E-state index contributed by atoms with van der Waals surface area (Å²) in [5.74, 6) is 0. The van der Waals surface area contributed by atoms with Gasteiger partial charge in [-0.05, 0) is 54.3 Å². The quantitative estimate of drug-likeness (QED) is 0.899. The number of nitrogens with zero attached hydrogens (tertiary/aromatic N) is 1. The van der Waals surface area contributed by atoms with Crippen LogP contribution in [-0.2, 0) is 12.7 Å². The van der Waals surface area contributed by atoms with Crippen molar-refractivity contribution in [1.29, 1.82) is 0 Å². The zero-order valence-corrected chi connectivity index (χ0v) is 13.3. The average Bonchev–Trinajstić information content (AvgIpc) is 3.01. The summed E-state index contributed by atoms with van der Waals surface area (Å²) in [4.78, 5) is 2.26. The molecule has 1 saturated heterocycles. The van der Waals surface area contributed by atoms with Crippen molar-refractivity contribution in [3.8, 4) is 11.1 Å². The van der Waals surface area contributed by atoms with Crippen LogP contribution in [0.25, 0.3) is 11.1 Å². The highest BCUT2D eigenvalue weighted by atomic mass is 19.4. The van der Waals surface area contributed by atoms with E-state index in [0.29, 0.717) is 0 Å². The zero-order valence-electron chi connectivity index (χ0n) is 13.3. The van der Waals surface area contributed by atoms with E-state index in [-0.39, 0.29) is 12.6 Å². The first kappa shape index (κ1) is 17.0. The standard InChI is InChI=1S/C19H20F3NO/c20-19(21,22)17-8-6-15(7-9-17)16-4-1-3-14(11-16)12-23-10-2-5-18(23)13-24/h1,3-4,6-9,11,18,24H,2,5,10,12-13H2/t18-/m0/s1. The number of likely N-dealkylation sites (tertiary alicyclic amines) is 1. The van der Waals surface area contributed by atoms with E-state index in [4.69, 9.17) is 0 Å². The molecule has 1 atom stereocenters. The third-order valence-corrected chi connectivity index (χ3v) is 4.57. The van der Waals surface area contributed by atoms with Crippen molar-refractivity contribution in [2.75, 3.05) is 13.2 Å². The molecule has 128 valence electrons. The summed E-state index contributed by atoms with van der Waals surface area (Å²) in [6, 6.07) is 13.3. The molecule has 0 spiro atoms. The highest BCUT2D eigenvalue weighted by Gasteiger charge is 2.30. The Morgan fingerprint density at radius 1 is 1.04 bits per heavy atom. The largest absolute Gasteiger partial charge is 0.416 e. The fourth-order valence-corrected chi connectivity index (χ4v) is 3.25. The minimum Gasteiger partial charge on any atom is -0.395 e. The Morgan fingerprint density at radius 2 is 1.79 bits per heavy atom. The molecule has 0 saturated carbocycles. The molecule has 2 aromatic carbocycles. The number of alkyl halides is 3. The Balaban J connectivity index is 1.78. The molecule has 0 radical (unpaired) electrons. The second-order valence-corrected chi connectivity index (χ2v) is 6.22. The minimum atomic E-state index is -4.31. The lowest BCUT2D eigenvalue weighted by Gasteiger charge is -2.22. The van der Waals surface area contributed by atoms with Crippen LogP contribution in [0.4, 0.5) is 13.2 Å². The number of aliphatic hydroxyl groups is 1. The van der Waals surface area contributed by atoms with Gasteiger partial charge in [-0.1, -0.05) is 30.3 Å². The maximum atomic E-state index is 12.7. The Kier molecular flexibility index (Phi) is 4.92. The second kappa shape index (κ2) is 6.95. The van der Waals surface area contributed by atoms with Crippen molar-refractivity contribution in [3.63, 3.8) is 0 Å². The fraction of sp³-hybridized carbons (Fsp3) is 0.368. The molecule has 24 heavy (non-hydrogen) atoms. The van der Waals surface area contributed by atoms with Gasteiger partial charge in [0, 0.05) is 12.6 Å². The average molecular weight is 335 g/mol. The van der Waals surface area contributed by atoms with Crippen LogP contribution in [-0.4, -0.2) is 29.2 Å². The Labute approximate surface area is 139 Å². The van der Waals surface area contributed by atoms with Crippen molar-refractivity contribution >= 4 is 0 Å². The second-order valence-electron chi connectivity index (χ2n) is 6.22. The zero-order chi connectivity index (χ0) is 17.2. The number of halogens is 3. The van der Waals surface area contributed by atoms with Gasteiger partial charge in [-0.15, -0.1) is 0 Å². The van der Waals surface area contributed by atoms with E-state index in [1.807, 2.05) is 24.3 Å². The summed E-state index contributed by atoms with van der Waals surface area (Å²) >= 11 is 0. The number of hydrogen-bond acceptors (Lipinski definition) is 2. The van der Waals surface area contributed by atoms with E-state index in [9.17, 15) is 18.3 Å². The van der Waals surface area contributed by atoms with Gasteiger partial charge in [-0.25, -0.2) is 0 Å². The van der Waals surface area contributed by atoms with Crippen LogP contribution < -0.4 is 0 Å². The number of hydrogen-bond donors (Lipinski definition) is 1. The molecule has 2 nitrogen and oxygen atoms in total. The summed E-state index contributed by atoms with van der Waals surface area (Å²) < 4.78 is 38.0. The third-order valence-electron chi connectivity index (χ3n) is 4.57. The van der Waals surface area contributed by atoms with Crippen molar-refractivity contribution < 1.29 is 18.3 Å². The molecule has 0 unspecified atom stereocenters. The SMILES string of the molecule is OC[C@@H]1CCCN1Cc1cccc(-c2ccc(C(F)(F)F)cc2)c1. The van der Waals surface area contributed by atoms with E-state index in [1.165, 1.54) is 12.1 Å². The van der Waals surface area contributed by atoms with Crippen LogP contribution in [0.2, 0.25) is 0 Å². The third kappa shape index (κ3) is 3.79. The van der Waals surface area contributed by atoms with Gasteiger partial charge < -0.3 is 5.11 Å². The Bertz CT molecular complexity index is 682. The van der Waals surface area contributed by atoms with Crippen molar-refractivity contribution in [3.05, 3.63) is 59.7 Å². The summed E-state index contributed by atoms with van der Waals surface area (Å²) in [5.41, 5.74) is 2.14. The van der Waals surface area contributed by atoms with Gasteiger partial charge in [0.15, 0.2) is 0 Å². The molecule has 1 N–H and O–H groups in total. The highest BCUT2D eigenvalue weighted by molar-refractivity contribution is 5.64. The van der Waals surface area contributed by atoms with E-state index in [0.717, 1.165) is 54.8 Å². The molecular weight excluding hydrogens is 315 g/mol. The topological polar surface area (TPSA) is 23.5 Å². The number of rotatable bonds is 4. The Hall–Kier alpha value is -1.85. The lowest BCUT2D eigenvalue weighted by Crippen LogP contribution is -2.31. The van der Waals surface area contributed by atoms with Crippen LogP contribution in [0.3, 0.4) is 0 Å². The van der Waals surface area contributed by atoms with Crippen molar-refractivity contribution in [2.24, 2.45) is 0 Å². The summed E-state index contributed by atoms with van der Waals surface area (Å²) in [6.45, 7) is 1.88. The molecule has 0 amide bonds. The monoisotopic (exact) mass is 335 g/mol. The first-order valence-electron chi connectivity index (χ1n) is 8.09. The Morgan fingerprint density at radius 3 is 2.46 bits per heavy atom. The molecular formula is C19H20F3NO. The lowest BCUT2D eigenvalue weighted by atomic mass is 10.0. The smallest absolute Gasteiger partial charge is 0.395 e. The molecule has 0 bridgehead atoms. The first-order chi connectivity index (χ1) is 11.5. The lowest BCUT2D eigenvalue weighted by molar-refractivity contribution is -0.137. The molecule has 0 aliphatic carbocycles. The van der Waals surface area contributed by atoms with Crippen LogP contribution >= 0.6 is 0 Å². The maximum Gasteiger partial charge on any atom is 0.416 e. The highest BCUT2D eigenvalue weighted by Crippen LogP contribution is 2.31. The molecule has 5 heteroatoms. The van der Waals surface area contributed by atoms with Gasteiger partial charge in [-0.3, -0.25) is 4.90 Å². The van der Waals surface area contributed by atoms with Crippen LogP contribution in [0.15, 0.2) is 48.5 Å². The minimum absolute atomic E-state index is 0.165. The van der Waals surface area contributed by atoms with Gasteiger partial charge in [0.1, 0.15) is 0 Å². The van der Waals surface area contributed by atoms with Crippen molar-refractivity contribution in [2.45, 2.75) is 31.6 Å². The predicted octanol–water partition coefficient (Wildman–Crippen LogP) is 4.33. The van der Waals surface area contributed by atoms with Crippen molar-refractivity contribution in [1.82, 2.24) is 4.90 Å². The van der Waals surface area contributed by atoms with Crippen LogP contribution in [0, 0.1) is 0 Å². The number of benzene rings is 2. The molecule has 2 aromatic rings. The molecule has 3 rings (SSSR count). The molecule has 1 aliphatic heterocycles. The summed E-state index contributed by atoms with van der Waals surface area (Å²) in [6.07, 6.45) is -2.21. The van der Waals surface area contributed by atoms with Gasteiger partial charge >= 0.3 is 6.18 Å². The molecule has 1 fully saturated rings. The summed E-state index contributed by atoms with van der Waals surface area (Å²) in [7, 11) is 0. The van der Waals surface area contributed by atoms with Crippen LogP contribution in [0.1, 0.15) is 24.0 Å². The van der Waals surface area contributed by atoms with E-state index in [2.05, 4.69) is 4.90 Å². The number of aliphatic hydroxyl groups excluding tert-OH is 1.